The highest BCUT2D eigenvalue weighted by Gasteiger charge is 2.18. The third-order valence-electron chi connectivity index (χ3n) is 4.17. The standard InChI is InChI=1S/C17H29N3O/c1-5-10-18-16-13(4)17(20-15(19-16)12(2)3)21-11-9-14-7-6-8-14/h12,14H,5-11H2,1-4H3,(H,18,19,20). The molecule has 1 fully saturated rings. The molecule has 118 valence electrons. The quantitative estimate of drug-likeness (QED) is 0.775. The van der Waals surface area contributed by atoms with Crippen LogP contribution in [0.1, 0.15) is 70.2 Å². The Kier molecular flexibility index (Phi) is 5.83. The van der Waals surface area contributed by atoms with Crippen molar-refractivity contribution in [3.63, 3.8) is 0 Å². The van der Waals surface area contributed by atoms with Gasteiger partial charge >= 0.3 is 0 Å². The number of hydrogen-bond acceptors (Lipinski definition) is 4. The normalized spacial score (nSPS) is 15.1. The Morgan fingerprint density at radius 2 is 2.05 bits per heavy atom. The molecule has 0 unspecified atom stereocenters. The minimum Gasteiger partial charge on any atom is -0.477 e. The lowest BCUT2D eigenvalue weighted by atomic mass is 9.83. The summed E-state index contributed by atoms with van der Waals surface area (Å²) in [7, 11) is 0. The summed E-state index contributed by atoms with van der Waals surface area (Å²) >= 11 is 0. The van der Waals surface area contributed by atoms with Gasteiger partial charge in [-0.25, -0.2) is 4.98 Å². The SMILES string of the molecule is CCCNc1nc(C(C)C)nc(OCCC2CCC2)c1C. The van der Waals surface area contributed by atoms with Crippen LogP contribution in [0.3, 0.4) is 0 Å². The second-order valence-corrected chi connectivity index (χ2v) is 6.38. The van der Waals surface area contributed by atoms with E-state index in [-0.39, 0.29) is 0 Å². The molecule has 1 heterocycles. The van der Waals surface area contributed by atoms with Crippen molar-refractivity contribution in [3.05, 3.63) is 11.4 Å². The molecule has 0 aromatic carbocycles. The van der Waals surface area contributed by atoms with Gasteiger partial charge in [0.1, 0.15) is 11.6 Å². The fraction of sp³-hybridized carbons (Fsp3) is 0.765. The van der Waals surface area contributed by atoms with Crippen LogP contribution in [0.5, 0.6) is 5.88 Å². The van der Waals surface area contributed by atoms with E-state index in [1.807, 2.05) is 6.92 Å². The number of ether oxygens (including phenoxy) is 1. The zero-order chi connectivity index (χ0) is 15.2. The lowest BCUT2D eigenvalue weighted by molar-refractivity contribution is 0.216. The van der Waals surface area contributed by atoms with Gasteiger partial charge in [-0.2, -0.15) is 4.98 Å². The number of hydrogen-bond donors (Lipinski definition) is 1. The Morgan fingerprint density at radius 3 is 2.62 bits per heavy atom. The summed E-state index contributed by atoms with van der Waals surface area (Å²) in [6.07, 6.45) is 6.36. The van der Waals surface area contributed by atoms with Crippen molar-refractivity contribution in [2.75, 3.05) is 18.5 Å². The largest absolute Gasteiger partial charge is 0.477 e. The van der Waals surface area contributed by atoms with Crippen molar-refractivity contribution >= 4 is 5.82 Å². The second-order valence-electron chi connectivity index (χ2n) is 6.38. The molecule has 0 bridgehead atoms. The Labute approximate surface area is 128 Å². The number of rotatable bonds is 8. The van der Waals surface area contributed by atoms with E-state index in [0.717, 1.165) is 55.0 Å². The van der Waals surface area contributed by atoms with Gasteiger partial charge in [-0.15, -0.1) is 0 Å². The van der Waals surface area contributed by atoms with Crippen molar-refractivity contribution in [2.45, 2.75) is 65.7 Å². The maximum atomic E-state index is 5.96. The molecule has 0 radical (unpaired) electrons. The smallest absolute Gasteiger partial charge is 0.221 e. The topological polar surface area (TPSA) is 47.0 Å². The summed E-state index contributed by atoms with van der Waals surface area (Å²) < 4.78 is 5.96. The molecule has 0 spiro atoms. The van der Waals surface area contributed by atoms with E-state index in [4.69, 9.17) is 4.74 Å². The van der Waals surface area contributed by atoms with Crippen LogP contribution in [0.25, 0.3) is 0 Å². The van der Waals surface area contributed by atoms with E-state index >= 15 is 0 Å². The molecule has 1 N–H and O–H groups in total. The summed E-state index contributed by atoms with van der Waals surface area (Å²) in [6.45, 7) is 10.1. The predicted molar refractivity (Wildman–Crippen MR) is 87.1 cm³/mol. The van der Waals surface area contributed by atoms with Crippen LogP contribution in [-0.2, 0) is 0 Å². The Hall–Kier alpha value is -1.32. The van der Waals surface area contributed by atoms with Crippen LogP contribution in [0.2, 0.25) is 0 Å². The Morgan fingerprint density at radius 1 is 1.29 bits per heavy atom. The van der Waals surface area contributed by atoms with Gasteiger partial charge in [0, 0.05) is 12.5 Å². The van der Waals surface area contributed by atoms with Gasteiger partial charge in [0.25, 0.3) is 0 Å². The van der Waals surface area contributed by atoms with Crippen LogP contribution in [0.15, 0.2) is 0 Å². The molecule has 2 rings (SSSR count). The average molecular weight is 291 g/mol. The summed E-state index contributed by atoms with van der Waals surface area (Å²) in [5, 5.41) is 3.39. The molecule has 0 atom stereocenters. The number of anilines is 1. The molecule has 0 aliphatic heterocycles. The van der Waals surface area contributed by atoms with E-state index < -0.39 is 0 Å². The number of nitrogens with one attached hydrogen (secondary N) is 1. The maximum absolute atomic E-state index is 5.96. The molecule has 1 aliphatic rings. The van der Waals surface area contributed by atoms with Gasteiger partial charge in [-0.1, -0.05) is 40.0 Å². The molecule has 4 nitrogen and oxygen atoms in total. The lowest BCUT2D eigenvalue weighted by Crippen LogP contribution is -2.16. The summed E-state index contributed by atoms with van der Waals surface area (Å²) in [6, 6.07) is 0. The Bertz CT molecular complexity index is 456. The van der Waals surface area contributed by atoms with Crippen LogP contribution < -0.4 is 10.1 Å². The van der Waals surface area contributed by atoms with E-state index in [2.05, 4.69) is 36.1 Å². The first-order chi connectivity index (χ1) is 10.1. The lowest BCUT2D eigenvalue weighted by Gasteiger charge is -2.25. The molecule has 1 aromatic rings. The summed E-state index contributed by atoms with van der Waals surface area (Å²) in [5.74, 6) is 3.72. The first kappa shape index (κ1) is 16.1. The van der Waals surface area contributed by atoms with Gasteiger partial charge in [-0.3, -0.25) is 0 Å². The molecule has 1 saturated carbocycles. The highest BCUT2D eigenvalue weighted by atomic mass is 16.5. The minimum absolute atomic E-state index is 0.307. The van der Waals surface area contributed by atoms with E-state index in [9.17, 15) is 0 Å². The zero-order valence-electron chi connectivity index (χ0n) is 13.9. The van der Waals surface area contributed by atoms with Crippen LogP contribution in [0.4, 0.5) is 5.82 Å². The Balaban J connectivity index is 2.06. The molecule has 0 saturated heterocycles. The van der Waals surface area contributed by atoms with Gasteiger partial charge in [0.05, 0.1) is 12.2 Å². The molecule has 0 amide bonds. The fourth-order valence-electron chi connectivity index (χ4n) is 2.43. The van der Waals surface area contributed by atoms with Gasteiger partial charge < -0.3 is 10.1 Å². The minimum atomic E-state index is 0.307. The second kappa shape index (κ2) is 7.62. The highest BCUT2D eigenvalue weighted by molar-refractivity contribution is 5.48. The van der Waals surface area contributed by atoms with Crippen molar-refractivity contribution in [3.8, 4) is 5.88 Å². The van der Waals surface area contributed by atoms with Crippen LogP contribution >= 0.6 is 0 Å². The maximum Gasteiger partial charge on any atom is 0.221 e. The predicted octanol–water partition coefficient (Wildman–Crippen LogP) is 4.30. The molecule has 4 heteroatoms. The van der Waals surface area contributed by atoms with Gasteiger partial charge in [-0.05, 0) is 25.7 Å². The first-order valence-corrected chi connectivity index (χ1v) is 8.37. The third-order valence-corrected chi connectivity index (χ3v) is 4.17. The van der Waals surface area contributed by atoms with Crippen molar-refractivity contribution < 1.29 is 4.74 Å². The fourth-order valence-corrected chi connectivity index (χ4v) is 2.43. The molecule has 1 aromatic heterocycles. The first-order valence-electron chi connectivity index (χ1n) is 8.37. The number of nitrogens with zero attached hydrogens (tertiary/aromatic N) is 2. The highest BCUT2D eigenvalue weighted by Crippen LogP contribution is 2.30. The zero-order valence-corrected chi connectivity index (χ0v) is 13.9. The molecule has 1 aliphatic carbocycles. The van der Waals surface area contributed by atoms with E-state index in [1.54, 1.807) is 0 Å². The van der Waals surface area contributed by atoms with Crippen LogP contribution in [0, 0.1) is 12.8 Å². The molecular weight excluding hydrogens is 262 g/mol. The van der Waals surface area contributed by atoms with Crippen LogP contribution in [-0.4, -0.2) is 23.1 Å². The molecule has 21 heavy (non-hydrogen) atoms. The van der Waals surface area contributed by atoms with Crippen molar-refractivity contribution in [1.82, 2.24) is 9.97 Å². The third kappa shape index (κ3) is 4.32. The summed E-state index contributed by atoms with van der Waals surface area (Å²) in [5.41, 5.74) is 1.03. The monoisotopic (exact) mass is 291 g/mol. The molecular formula is C17H29N3O. The van der Waals surface area contributed by atoms with Crippen molar-refractivity contribution in [1.29, 1.82) is 0 Å². The van der Waals surface area contributed by atoms with Gasteiger partial charge in [0.2, 0.25) is 5.88 Å². The van der Waals surface area contributed by atoms with E-state index in [0.29, 0.717) is 5.92 Å². The van der Waals surface area contributed by atoms with Gasteiger partial charge in [0.15, 0.2) is 0 Å². The number of aromatic nitrogens is 2. The van der Waals surface area contributed by atoms with E-state index in [1.165, 1.54) is 19.3 Å². The average Bonchev–Trinajstić information content (AvgIpc) is 2.41. The van der Waals surface area contributed by atoms with Crippen molar-refractivity contribution in [2.24, 2.45) is 5.92 Å². The summed E-state index contributed by atoms with van der Waals surface area (Å²) in [4.78, 5) is 9.25.